The highest BCUT2D eigenvalue weighted by atomic mass is 19.1. The molecular weight excluding hydrogens is 347 g/mol. The van der Waals surface area contributed by atoms with E-state index in [0.29, 0.717) is 24.3 Å². The van der Waals surface area contributed by atoms with Crippen LogP contribution in [0.4, 0.5) is 14.9 Å². The van der Waals surface area contributed by atoms with Crippen LogP contribution >= 0.6 is 0 Å². The van der Waals surface area contributed by atoms with Gasteiger partial charge in [-0.2, -0.15) is 10.2 Å². The standard InChI is InChI=1S/C19H23FN6O/c1-13-8-14(2)26(24-13)15(3)9-21-19(27)23-17-10-22-25(12-17)11-16-6-4-5-7-18(16)20/h4-8,10,12,15H,9,11H2,1-3H3,(H2,21,23,27). The van der Waals surface area contributed by atoms with Crippen molar-refractivity contribution in [2.24, 2.45) is 0 Å². The van der Waals surface area contributed by atoms with Crippen molar-refractivity contribution in [3.63, 3.8) is 0 Å². The van der Waals surface area contributed by atoms with E-state index in [2.05, 4.69) is 20.8 Å². The Labute approximate surface area is 157 Å². The average Bonchev–Trinajstić information content (AvgIpc) is 3.20. The van der Waals surface area contributed by atoms with Gasteiger partial charge in [-0.3, -0.25) is 9.36 Å². The minimum Gasteiger partial charge on any atom is -0.336 e. The number of urea groups is 1. The summed E-state index contributed by atoms with van der Waals surface area (Å²) >= 11 is 0. The van der Waals surface area contributed by atoms with Gasteiger partial charge in [0.25, 0.3) is 0 Å². The number of nitrogens with zero attached hydrogens (tertiary/aromatic N) is 4. The summed E-state index contributed by atoms with van der Waals surface area (Å²) in [7, 11) is 0. The molecule has 0 bridgehead atoms. The fourth-order valence-corrected chi connectivity index (χ4v) is 2.91. The maximum atomic E-state index is 13.7. The zero-order chi connectivity index (χ0) is 19.4. The van der Waals surface area contributed by atoms with E-state index < -0.39 is 0 Å². The predicted octanol–water partition coefficient (Wildman–Crippen LogP) is 3.27. The molecule has 27 heavy (non-hydrogen) atoms. The Bertz CT molecular complexity index is 932. The minimum absolute atomic E-state index is 0.0354. The lowest BCUT2D eigenvalue weighted by molar-refractivity contribution is 0.250. The van der Waals surface area contributed by atoms with E-state index in [1.54, 1.807) is 29.1 Å². The average molecular weight is 370 g/mol. The molecule has 0 spiro atoms. The molecule has 3 aromatic rings. The fraction of sp³-hybridized carbons (Fsp3) is 0.316. The summed E-state index contributed by atoms with van der Waals surface area (Å²) in [6, 6.07) is 8.25. The number of rotatable bonds is 6. The number of aryl methyl sites for hydroxylation is 2. The molecule has 2 amide bonds. The van der Waals surface area contributed by atoms with Gasteiger partial charge < -0.3 is 10.6 Å². The molecule has 7 nitrogen and oxygen atoms in total. The molecule has 0 aliphatic carbocycles. The van der Waals surface area contributed by atoms with Crippen LogP contribution in [0.25, 0.3) is 0 Å². The maximum Gasteiger partial charge on any atom is 0.319 e. The van der Waals surface area contributed by atoms with E-state index in [-0.39, 0.29) is 17.9 Å². The molecule has 8 heteroatoms. The Morgan fingerprint density at radius 1 is 1.30 bits per heavy atom. The maximum absolute atomic E-state index is 13.7. The summed E-state index contributed by atoms with van der Waals surface area (Å²) in [5.41, 5.74) is 3.08. The molecule has 1 aromatic carbocycles. The number of nitrogens with one attached hydrogen (secondary N) is 2. The number of carbonyl (C=O) groups excluding carboxylic acids is 1. The van der Waals surface area contributed by atoms with Crippen molar-refractivity contribution in [1.29, 1.82) is 0 Å². The fourth-order valence-electron chi connectivity index (χ4n) is 2.91. The minimum atomic E-state index is -0.325. The Morgan fingerprint density at radius 3 is 2.78 bits per heavy atom. The molecule has 2 N–H and O–H groups in total. The lowest BCUT2D eigenvalue weighted by Gasteiger charge is -2.15. The van der Waals surface area contributed by atoms with Crippen molar-refractivity contribution >= 4 is 11.7 Å². The Hall–Kier alpha value is -3.16. The van der Waals surface area contributed by atoms with Gasteiger partial charge in [-0.05, 0) is 32.9 Å². The van der Waals surface area contributed by atoms with Gasteiger partial charge in [0.1, 0.15) is 5.82 Å². The van der Waals surface area contributed by atoms with E-state index in [1.807, 2.05) is 31.5 Å². The third-order valence-corrected chi connectivity index (χ3v) is 4.20. The number of aromatic nitrogens is 4. The number of benzene rings is 1. The first kappa shape index (κ1) is 18.6. The largest absolute Gasteiger partial charge is 0.336 e. The van der Waals surface area contributed by atoms with Crippen molar-refractivity contribution in [2.75, 3.05) is 11.9 Å². The van der Waals surface area contributed by atoms with Crippen molar-refractivity contribution in [2.45, 2.75) is 33.4 Å². The summed E-state index contributed by atoms with van der Waals surface area (Å²) in [5.74, 6) is -0.279. The van der Waals surface area contributed by atoms with Crippen LogP contribution < -0.4 is 10.6 Å². The van der Waals surface area contributed by atoms with Crippen LogP contribution in [0.1, 0.15) is 29.9 Å². The van der Waals surface area contributed by atoms with Crippen LogP contribution in [0, 0.1) is 19.7 Å². The molecule has 0 saturated carbocycles. The van der Waals surface area contributed by atoms with E-state index in [9.17, 15) is 9.18 Å². The summed E-state index contributed by atoms with van der Waals surface area (Å²) < 4.78 is 17.2. The monoisotopic (exact) mass is 370 g/mol. The molecule has 0 radical (unpaired) electrons. The summed E-state index contributed by atoms with van der Waals surface area (Å²) in [6.07, 6.45) is 3.20. The van der Waals surface area contributed by atoms with Crippen molar-refractivity contribution in [3.05, 3.63) is 65.5 Å². The van der Waals surface area contributed by atoms with E-state index in [0.717, 1.165) is 11.4 Å². The molecule has 0 aliphatic heterocycles. The third-order valence-electron chi connectivity index (χ3n) is 4.20. The molecule has 1 atom stereocenters. The van der Waals surface area contributed by atoms with Gasteiger partial charge in [-0.1, -0.05) is 18.2 Å². The predicted molar refractivity (Wildman–Crippen MR) is 101 cm³/mol. The SMILES string of the molecule is Cc1cc(C)n(C(C)CNC(=O)Nc2cnn(Cc3ccccc3F)c2)n1. The number of hydrogen-bond acceptors (Lipinski definition) is 3. The van der Waals surface area contributed by atoms with Crippen LogP contribution in [-0.2, 0) is 6.54 Å². The number of hydrogen-bond donors (Lipinski definition) is 2. The highest BCUT2D eigenvalue weighted by molar-refractivity contribution is 5.88. The normalized spacial score (nSPS) is 12.0. The second-order valence-corrected chi connectivity index (χ2v) is 6.57. The van der Waals surface area contributed by atoms with Gasteiger partial charge in [0, 0.05) is 24.0 Å². The number of carbonyl (C=O) groups is 1. The van der Waals surface area contributed by atoms with Gasteiger partial charge in [0.2, 0.25) is 0 Å². The molecule has 142 valence electrons. The number of anilines is 1. The van der Waals surface area contributed by atoms with Gasteiger partial charge >= 0.3 is 6.03 Å². The van der Waals surface area contributed by atoms with E-state index >= 15 is 0 Å². The Morgan fingerprint density at radius 2 is 2.07 bits per heavy atom. The van der Waals surface area contributed by atoms with Gasteiger partial charge in [0.15, 0.2) is 0 Å². The number of halogens is 1. The molecule has 0 aliphatic rings. The lowest BCUT2D eigenvalue weighted by Crippen LogP contribution is -2.33. The lowest BCUT2D eigenvalue weighted by atomic mass is 10.2. The Balaban J connectivity index is 1.52. The molecule has 2 heterocycles. The first-order valence-corrected chi connectivity index (χ1v) is 8.76. The highest BCUT2D eigenvalue weighted by Crippen LogP contribution is 2.12. The van der Waals surface area contributed by atoms with Gasteiger partial charge in [-0.25, -0.2) is 9.18 Å². The topological polar surface area (TPSA) is 76.8 Å². The quantitative estimate of drug-likeness (QED) is 0.699. The zero-order valence-electron chi connectivity index (χ0n) is 15.6. The first-order chi connectivity index (χ1) is 12.9. The van der Waals surface area contributed by atoms with Crippen molar-refractivity contribution in [1.82, 2.24) is 24.9 Å². The van der Waals surface area contributed by atoms with E-state index in [4.69, 9.17) is 0 Å². The number of amides is 2. The summed E-state index contributed by atoms with van der Waals surface area (Å²) in [5, 5.41) is 14.1. The highest BCUT2D eigenvalue weighted by Gasteiger charge is 2.12. The van der Waals surface area contributed by atoms with Gasteiger partial charge in [-0.15, -0.1) is 0 Å². The molecule has 3 rings (SSSR count). The Kier molecular flexibility index (Phi) is 5.54. The van der Waals surface area contributed by atoms with Crippen LogP contribution in [0.2, 0.25) is 0 Å². The molecular formula is C19H23FN6O. The second kappa shape index (κ2) is 8.03. The van der Waals surface area contributed by atoms with Crippen LogP contribution in [0.5, 0.6) is 0 Å². The van der Waals surface area contributed by atoms with Crippen molar-refractivity contribution in [3.8, 4) is 0 Å². The summed E-state index contributed by atoms with van der Waals surface area (Å²) in [6.45, 7) is 6.66. The second-order valence-electron chi connectivity index (χ2n) is 6.57. The molecule has 0 fully saturated rings. The van der Waals surface area contributed by atoms with Crippen LogP contribution in [-0.4, -0.2) is 32.1 Å². The smallest absolute Gasteiger partial charge is 0.319 e. The molecule has 0 saturated heterocycles. The van der Waals surface area contributed by atoms with Crippen molar-refractivity contribution < 1.29 is 9.18 Å². The van der Waals surface area contributed by atoms with E-state index in [1.165, 1.54) is 12.3 Å². The molecule has 1 unspecified atom stereocenters. The summed E-state index contributed by atoms with van der Waals surface area (Å²) in [4.78, 5) is 12.1. The van der Waals surface area contributed by atoms with Crippen LogP contribution in [0.15, 0.2) is 42.7 Å². The third kappa shape index (κ3) is 4.72. The van der Waals surface area contributed by atoms with Gasteiger partial charge in [0.05, 0.1) is 30.2 Å². The van der Waals surface area contributed by atoms with Crippen LogP contribution in [0.3, 0.4) is 0 Å². The first-order valence-electron chi connectivity index (χ1n) is 8.76. The zero-order valence-corrected chi connectivity index (χ0v) is 15.6. The molecule has 2 aromatic heterocycles.